The Hall–Kier alpha value is -1.86. The summed E-state index contributed by atoms with van der Waals surface area (Å²) < 4.78 is 0. The van der Waals surface area contributed by atoms with E-state index in [-0.39, 0.29) is 4.99 Å². The summed E-state index contributed by atoms with van der Waals surface area (Å²) in [5.41, 5.74) is 7.62. The molecular formula is C12H13N3S. The molecule has 0 bridgehead atoms. The molecule has 0 unspecified atom stereocenters. The highest BCUT2D eigenvalue weighted by Gasteiger charge is 2.04. The number of nitrogens with zero attached hydrogens (tertiary/aromatic N) is 1. The fourth-order valence-corrected chi connectivity index (χ4v) is 1.44. The molecule has 0 heterocycles. The van der Waals surface area contributed by atoms with Crippen molar-refractivity contribution in [2.24, 2.45) is 5.73 Å². The Bertz CT molecular complexity index is 443. The lowest BCUT2D eigenvalue weighted by Crippen LogP contribution is -2.19. The van der Waals surface area contributed by atoms with Crippen LogP contribution < -0.4 is 11.1 Å². The van der Waals surface area contributed by atoms with Crippen molar-refractivity contribution in [3.8, 4) is 6.07 Å². The van der Waals surface area contributed by atoms with Gasteiger partial charge in [0.2, 0.25) is 0 Å². The Morgan fingerprint density at radius 3 is 2.56 bits per heavy atom. The monoisotopic (exact) mass is 231 g/mol. The van der Waals surface area contributed by atoms with Gasteiger partial charge in [0.25, 0.3) is 0 Å². The van der Waals surface area contributed by atoms with Gasteiger partial charge in [-0.05, 0) is 12.5 Å². The van der Waals surface area contributed by atoms with Crippen molar-refractivity contribution in [1.29, 1.82) is 5.26 Å². The zero-order valence-corrected chi connectivity index (χ0v) is 9.84. The molecule has 16 heavy (non-hydrogen) atoms. The maximum atomic E-state index is 8.85. The number of nitrogens with two attached hydrogens (primary N) is 1. The van der Waals surface area contributed by atoms with E-state index >= 15 is 0 Å². The standard InChI is InChI=1S/C12H13N3S/c1-9(11(7-13)12(14)16)15-8-10-5-3-2-4-6-10/h2-6,15H,8H2,1H3,(H2,14,16)/b11-9-. The van der Waals surface area contributed by atoms with Crippen LogP contribution in [0.1, 0.15) is 12.5 Å². The zero-order chi connectivity index (χ0) is 12.0. The van der Waals surface area contributed by atoms with E-state index < -0.39 is 0 Å². The van der Waals surface area contributed by atoms with E-state index in [1.807, 2.05) is 36.4 Å². The number of thiocarbonyl (C=S) groups is 1. The SMILES string of the molecule is C/C(NCc1ccccc1)=C(\C#N)C(N)=S. The van der Waals surface area contributed by atoms with Crippen LogP contribution in [0, 0.1) is 11.3 Å². The average Bonchev–Trinajstić information content (AvgIpc) is 2.28. The van der Waals surface area contributed by atoms with Gasteiger partial charge in [0, 0.05) is 12.2 Å². The van der Waals surface area contributed by atoms with Gasteiger partial charge < -0.3 is 11.1 Å². The molecule has 0 fully saturated rings. The van der Waals surface area contributed by atoms with Gasteiger partial charge in [-0.15, -0.1) is 0 Å². The highest BCUT2D eigenvalue weighted by atomic mass is 32.1. The molecule has 4 heteroatoms. The smallest absolute Gasteiger partial charge is 0.116 e. The molecular weight excluding hydrogens is 218 g/mol. The third-order valence-corrected chi connectivity index (χ3v) is 2.34. The molecule has 0 aliphatic heterocycles. The van der Waals surface area contributed by atoms with E-state index in [4.69, 9.17) is 23.2 Å². The zero-order valence-electron chi connectivity index (χ0n) is 9.03. The van der Waals surface area contributed by atoms with Crippen LogP contribution in [0.2, 0.25) is 0 Å². The summed E-state index contributed by atoms with van der Waals surface area (Å²) in [7, 11) is 0. The number of hydrogen-bond donors (Lipinski definition) is 2. The molecule has 0 saturated carbocycles. The van der Waals surface area contributed by atoms with Crippen molar-refractivity contribution in [3.05, 3.63) is 47.2 Å². The van der Waals surface area contributed by atoms with Crippen LogP contribution in [-0.4, -0.2) is 4.99 Å². The summed E-state index contributed by atoms with van der Waals surface area (Å²) in [6, 6.07) is 11.9. The van der Waals surface area contributed by atoms with E-state index in [1.54, 1.807) is 6.92 Å². The van der Waals surface area contributed by atoms with Crippen LogP contribution in [0.15, 0.2) is 41.6 Å². The summed E-state index contributed by atoms with van der Waals surface area (Å²) in [5.74, 6) is 0. The molecule has 0 aliphatic carbocycles. The first-order chi connectivity index (χ1) is 7.65. The van der Waals surface area contributed by atoms with Gasteiger partial charge in [-0.25, -0.2) is 0 Å². The van der Waals surface area contributed by atoms with Crippen molar-refractivity contribution in [3.63, 3.8) is 0 Å². The number of rotatable bonds is 4. The summed E-state index contributed by atoms with van der Waals surface area (Å²) in [4.78, 5) is 0.126. The van der Waals surface area contributed by atoms with E-state index in [9.17, 15) is 0 Å². The molecule has 0 saturated heterocycles. The second-order valence-electron chi connectivity index (χ2n) is 3.32. The molecule has 0 aliphatic rings. The molecule has 1 aromatic rings. The van der Waals surface area contributed by atoms with Gasteiger partial charge in [0.1, 0.15) is 16.6 Å². The maximum absolute atomic E-state index is 8.85. The van der Waals surface area contributed by atoms with Crippen molar-refractivity contribution in [1.82, 2.24) is 5.32 Å². The Balaban J connectivity index is 2.69. The van der Waals surface area contributed by atoms with Gasteiger partial charge in [-0.1, -0.05) is 42.5 Å². The number of allylic oxidation sites excluding steroid dienone is 1. The summed E-state index contributed by atoms with van der Waals surface area (Å²) in [6.45, 7) is 2.45. The van der Waals surface area contributed by atoms with Gasteiger partial charge in [0.05, 0.1) is 0 Å². The lowest BCUT2D eigenvalue weighted by Gasteiger charge is -2.08. The van der Waals surface area contributed by atoms with Crippen molar-refractivity contribution >= 4 is 17.2 Å². The van der Waals surface area contributed by atoms with E-state index in [0.717, 1.165) is 5.56 Å². The first kappa shape index (κ1) is 12.2. The molecule has 0 spiro atoms. The van der Waals surface area contributed by atoms with Crippen LogP contribution in [0.4, 0.5) is 0 Å². The lowest BCUT2D eigenvalue weighted by molar-refractivity contribution is 0.809. The van der Waals surface area contributed by atoms with Gasteiger partial charge in [0.15, 0.2) is 0 Å². The highest BCUT2D eigenvalue weighted by molar-refractivity contribution is 7.80. The predicted molar refractivity (Wildman–Crippen MR) is 68.4 cm³/mol. The number of benzene rings is 1. The molecule has 0 radical (unpaired) electrons. The van der Waals surface area contributed by atoms with E-state index in [0.29, 0.717) is 17.8 Å². The Morgan fingerprint density at radius 2 is 2.06 bits per heavy atom. The highest BCUT2D eigenvalue weighted by Crippen LogP contribution is 2.03. The van der Waals surface area contributed by atoms with Crippen LogP contribution in [0.3, 0.4) is 0 Å². The fraction of sp³-hybridized carbons (Fsp3) is 0.167. The quantitative estimate of drug-likeness (QED) is 0.472. The largest absolute Gasteiger partial charge is 0.389 e. The molecule has 3 N–H and O–H groups in total. The second-order valence-corrected chi connectivity index (χ2v) is 3.76. The van der Waals surface area contributed by atoms with Gasteiger partial charge in [-0.2, -0.15) is 5.26 Å². The van der Waals surface area contributed by atoms with Crippen molar-refractivity contribution in [2.75, 3.05) is 0 Å². The minimum absolute atomic E-state index is 0.126. The van der Waals surface area contributed by atoms with Crippen molar-refractivity contribution < 1.29 is 0 Å². The van der Waals surface area contributed by atoms with Crippen molar-refractivity contribution in [2.45, 2.75) is 13.5 Å². The Labute approximate surface area is 101 Å². The molecule has 1 aromatic carbocycles. The first-order valence-electron chi connectivity index (χ1n) is 4.83. The van der Waals surface area contributed by atoms with Crippen LogP contribution >= 0.6 is 12.2 Å². The van der Waals surface area contributed by atoms with E-state index in [1.165, 1.54) is 0 Å². The fourth-order valence-electron chi connectivity index (χ4n) is 1.24. The number of nitrogens with one attached hydrogen (secondary N) is 1. The maximum Gasteiger partial charge on any atom is 0.116 e. The third-order valence-electron chi connectivity index (χ3n) is 2.13. The summed E-state index contributed by atoms with van der Waals surface area (Å²) in [6.07, 6.45) is 0. The third kappa shape index (κ3) is 3.37. The molecule has 82 valence electrons. The lowest BCUT2D eigenvalue weighted by atomic mass is 10.2. The first-order valence-corrected chi connectivity index (χ1v) is 5.24. The van der Waals surface area contributed by atoms with Gasteiger partial charge >= 0.3 is 0 Å². The Kier molecular flexibility index (Phi) is 4.49. The average molecular weight is 231 g/mol. The summed E-state index contributed by atoms with van der Waals surface area (Å²) >= 11 is 4.78. The minimum atomic E-state index is 0.126. The van der Waals surface area contributed by atoms with E-state index in [2.05, 4.69) is 5.32 Å². The topological polar surface area (TPSA) is 61.8 Å². The van der Waals surface area contributed by atoms with Crippen LogP contribution in [-0.2, 0) is 6.54 Å². The normalized spacial score (nSPS) is 11.2. The molecule has 0 atom stereocenters. The number of hydrogen-bond acceptors (Lipinski definition) is 3. The molecule has 1 rings (SSSR count). The summed E-state index contributed by atoms with van der Waals surface area (Å²) in [5, 5.41) is 12.0. The molecule has 0 aromatic heterocycles. The second kappa shape index (κ2) is 5.89. The minimum Gasteiger partial charge on any atom is -0.389 e. The number of nitriles is 1. The van der Waals surface area contributed by atoms with Crippen LogP contribution in [0.25, 0.3) is 0 Å². The predicted octanol–water partition coefficient (Wildman–Crippen LogP) is 1.86. The van der Waals surface area contributed by atoms with Crippen LogP contribution in [0.5, 0.6) is 0 Å². The molecule has 3 nitrogen and oxygen atoms in total. The molecule has 0 amide bonds. The Morgan fingerprint density at radius 1 is 1.44 bits per heavy atom. The van der Waals surface area contributed by atoms with Gasteiger partial charge in [-0.3, -0.25) is 0 Å².